The van der Waals surface area contributed by atoms with Gasteiger partial charge in [0.15, 0.2) is 0 Å². The molecule has 1 atom stereocenters. The molecule has 0 radical (unpaired) electrons. The molecule has 0 saturated heterocycles. The highest BCUT2D eigenvalue weighted by Crippen LogP contribution is 2.15. The number of aromatic nitrogens is 4. The number of rotatable bonds is 4. The maximum absolute atomic E-state index is 6.12. The fraction of sp³-hybridized carbons (Fsp3) is 0.364. The van der Waals surface area contributed by atoms with Gasteiger partial charge in [0.25, 0.3) is 0 Å². The Bertz CT molecular complexity index is 437. The predicted molar refractivity (Wildman–Crippen MR) is 60.6 cm³/mol. The Balaban J connectivity index is 2.27. The van der Waals surface area contributed by atoms with Crippen LogP contribution in [0.3, 0.4) is 0 Å². The van der Waals surface area contributed by atoms with Crippen LogP contribution in [0.25, 0.3) is 0 Å². The van der Waals surface area contributed by atoms with E-state index in [-0.39, 0.29) is 6.04 Å². The van der Waals surface area contributed by atoms with Gasteiger partial charge in [-0.3, -0.25) is 0 Å². The second-order valence-electron chi connectivity index (χ2n) is 3.59. The SMILES string of the molecule is CCCn1ccnc1C(N)c1ccncn1. The van der Waals surface area contributed by atoms with E-state index < -0.39 is 0 Å². The molecule has 16 heavy (non-hydrogen) atoms. The van der Waals surface area contributed by atoms with Crippen molar-refractivity contribution in [1.29, 1.82) is 0 Å². The lowest BCUT2D eigenvalue weighted by Gasteiger charge is -2.12. The molecule has 0 spiro atoms. The zero-order chi connectivity index (χ0) is 11.4. The summed E-state index contributed by atoms with van der Waals surface area (Å²) < 4.78 is 2.06. The zero-order valence-corrected chi connectivity index (χ0v) is 9.24. The summed E-state index contributed by atoms with van der Waals surface area (Å²) in [5.74, 6) is 0.848. The van der Waals surface area contributed by atoms with Crippen LogP contribution in [0, 0.1) is 0 Å². The van der Waals surface area contributed by atoms with Gasteiger partial charge in [0.2, 0.25) is 0 Å². The molecule has 0 aromatic carbocycles. The molecule has 0 bridgehead atoms. The maximum Gasteiger partial charge on any atom is 0.131 e. The average molecular weight is 217 g/mol. The van der Waals surface area contributed by atoms with Crippen molar-refractivity contribution in [3.63, 3.8) is 0 Å². The van der Waals surface area contributed by atoms with Gasteiger partial charge in [-0.05, 0) is 12.5 Å². The largest absolute Gasteiger partial charge is 0.333 e. The van der Waals surface area contributed by atoms with Gasteiger partial charge < -0.3 is 10.3 Å². The fourth-order valence-electron chi connectivity index (χ4n) is 1.65. The number of nitrogens with zero attached hydrogens (tertiary/aromatic N) is 4. The molecule has 0 fully saturated rings. The maximum atomic E-state index is 6.12. The first kappa shape index (κ1) is 10.8. The molecule has 2 N–H and O–H groups in total. The number of imidazole rings is 1. The van der Waals surface area contributed by atoms with Crippen LogP contribution in [0.1, 0.15) is 30.9 Å². The Morgan fingerprint density at radius 1 is 1.38 bits per heavy atom. The van der Waals surface area contributed by atoms with Gasteiger partial charge in [-0.15, -0.1) is 0 Å². The fourth-order valence-corrected chi connectivity index (χ4v) is 1.65. The zero-order valence-electron chi connectivity index (χ0n) is 9.24. The normalized spacial score (nSPS) is 12.6. The van der Waals surface area contributed by atoms with E-state index in [9.17, 15) is 0 Å². The topological polar surface area (TPSA) is 69.6 Å². The van der Waals surface area contributed by atoms with Crippen molar-refractivity contribution < 1.29 is 0 Å². The van der Waals surface area contributed by atoms with E-state index >= 15 is 0 Å². The Morgan fingerprint density at radius 2 is 2.25 bits per heavy atom. The summed E-state index contributed by atoms with van der Waals surface area (Å²) in [6, 6.07) is 1.53. The summed E-state index contributed by atoms with van der Waals surface area (Å²) in [6.45, 7) is 3.05. The molecule has 2 aromatic heterocycles. The summed E-state index contributed by atoms with van der Waals surface area (Å²) in [7, 11) is 0. The molecule has 2 aromatic rings. The van der Waals surface area contributed by atoms with Crippen LogP contribution < -0.4 is 5.73 Å². The first-order chi connectivity index (χ1) is 7.83. The van der Waals surface area contributed by atoms with Gasteiger partial charge in [0.05, 0.1) is 5.69 Å². The Hall–Kier alpha value is -1.75. The second-order valence-corrected chi connectivity index (χ2v) is 3.59. The third-order valence-electron chi connectivity index (χ3n) is 2.41. The minimum Gasteiger partial charge on any atom is -0.333 e. The first-order valence-electron chi connectivity index (χ1n) is 5.35. The molecule has 0 aliphatic heterocycles. The highest BCUT2D eigenvalue weighted by Gasteiger charge is 2.15. The van der Waals surface area contributed by atoms with E-state index in [0.717, 1.165) is 24.5 Å². The van der Waals surface area contributed by atoms with Gasteiger partial charge in [-0.25, -0.2) is 15.0 Å². The van der Waals surface area contributed by atoms with Gasteiger partial charge in [0.1, 0.15) is 18.2 Å². The van der Waals surface area contributed by atoms with Crippen LogP contribution in [0.2, 0.25) is 0 Å². The average Bonchev–Trinajstić information content (AvgIpc) is 2.78. The molecule has 5 nitrogen and oxygen atoms in total. The third kappa shape index (κ3) is 2.09. The second kappa shape index (κ2) is 4.85. The van der Waals surface area contributed by atoms with Crippen molar-refractivity contribution in [2.45, 2.75) is 25.9 Å². The smallest absolute Gasteiger partial charge is 0.131 e. The number of hydrogen-bond acceptors (Lipinski definition) is 4. The van der Waals surface area contributed by atoms with Crippen LogP contribution in [-0.4, -0.2) is 19.5 Å². The van der Waals surface area contributed by atoms with Crippen LogP contribution >= 0.6 is 0 Å². The Labute approximate surface area is 94.4 Å². The first-order valence-corrected chi connectivity index (χ1v) is 5.35. The van der Waals surface area contributed by atoms with E-state index in [1.165, 1.54) is 6.33 Å². The molecule has 5 heteroatoms. The summed E-state index contributed by atoms with van der Waals surface area (Å²) in [5, 5.41) is 0. The standard InChI is InChI=1S/C11H15N5/c1-2-6-16-7-5-14-11(16)10(12)9-3-4-13-8-15-9/h3-5,7-8,10H,2,6,12H2,1H3. The summed E-state index contributed by atoms with van der Waals surface area (Å²) in [5.41, 5.74) is 6.91. The number of aryl methyl sites for hydroxylation is 1. The van der Waals surface area contributed by atoms with E-state index in [1.54, 1.807) is 12.4 Å². The van der Waals surface area contributed by atoms with Crippen LogP contribution in [0.15, 0.2) is 31.0 Å². The van der Waals surface area contributed by atoms with Crippen molar-refractivity contribution in [3.05, 3.63) is 42.5 Å². The van der Waals surface area contributed by atoms with Gasteiger partial charge in [0, 0.05) is 25.1 Å². The Morgan fingerprint density at radius 3 is 2.94 bits per heavy atom. The third-order valence-corrected chi connectivity index (χ3v) is 2.41. The molecular weight excluding hydrogens is 202 g/mol. The molecule has 1 unspecified atom stereocenters. The van der Waals surface area contributed by atoms with Crippen molar-refractivity contribution >= 4 is 0 Å². The Kier molecular flexibility index (Phi) is 3.26. The van der Waals surface area contributed by atoms with E-state index in [0.29, 0.717) is 0 Å². The van der Waals surface area contributed by atoms with Gasteiger partial charge in [-0.1, -0.05) is 6.92 Å². The summed E-state index contributed by atoms with van der Waals surface area (Å²) >= 11 is 0. The lowest BCUT2D eigenvalue weighted by Crippen LogP contribution is -2.19. The lowest BCUT2D eigenvalue weighted by atomic mass is 10.2. The predicted octanol–water partition coefficient (Wildman–Crippen LogP) is 1.13. The van der Waals surface area contributed by atoms with E-state index in [4.69, 9.17) is 5.73 Å². The molecular formula is C11H15N5. The number of nitrogens with two attached hydrogens (primary N) is 1. The molecule has 0 aliphatic rings. The highest BCUT2D eigenvalue weighted by atomic mass is 15.1. The minimum atomic E-state index is -0.287. The number of hydrogen-bond donors (Lipinski definition) is 1. The molecule has 84 valence electrons. The van der Waals surface area contributed by atoms with Crippen molar-refractivity contribution in [2.75, 3.05) is 0 Å². The van der Waals surface area contributed by atoms with Gasteiger partial charge in [-0.2, -0.15) is 0 Å². The van der Waals surface area contributed by atoms with Crippen LogP contribution in [0.5, 0.6) is 0 Å². The van der Waals surface area contributed by atoms with E-state index in [2.05, 4.69) is 26.4 Å². The monoisotopic (exact) mass is 217 g/mol. The molecule has 2 heterocycles. The quantitative estimate of drug-likeness (QED) is 0.833. The van der Waals surface area contributed by atoms with Gasteiger partial charge >= 0.3 is 0 Å². The molecule has 2 rings (SSSR count). The van der Waals surface area contributed by atoms with Crippen molar-refractivity contribution in [3.8, 4) is 0 Å². The molecule has 0 aliphatic carbocycles. The van der Waals surface area contributed by atoms with Crippen molar-refractivity contribution in [2.24, 2.45) is 5.73 Å². The van der Waals surface area contributed by atoms with Crippen molar-refractivity contribution in [1.82, 2.24) is 19.5 Å². The lowest BCUT2D eigenvalue weighted by molar-refractivity contribution is 0.606. The molecule has 0 amide bonds. The minimum absolute atomic E-state index is 0.287. The van der Waals surface area contributed by atoms with Crippen LogP contribution in [0.4, 0.5) is 0 Å². The summed E-state index contributed by atoms with van der Waals surface area (Å²) in [4.78, 5) is 12.3. The van der Waals surface area contributed by atoms with E-state index in [1.807, 2.05) is 12.3 Å². The summed E-state index contributed by atoms with van der Waals surface area (Å²) in [6.07, 6.45) is 7.96. The highest BCUT2D eigenvalue weighted by molar-refractivity contribution is 5.15. The molecule has 0 saturated carbocycles. The van der Waals surface area contributed by atoms with Crippen LogP contribution in [-0.2, 0) is 6.54 Å².